The highest BCUT2D eigenvalue weighted by atomic mass is 16.2. The Labute approximate surface area is 112 Å². The molecule has 19 heavy (non-hydrogen) atoms. The van der Waals surface area contributed by atoms with Gasteiger partial charge in [0.2, 0.25) is 0 Å². The summed E-state index contributed by atoms with van der Waals surface area (Å²) in [4.78, 5) is 22.4. The van der Waals surface area contributed by atoms with Crippen molar-refractivity contribution < 1.29 is 14.9 Å². The highest BCUT2D eigenvalue weighted by molar-refractivity contribution is 5.95. The molecule has 1 aliphatic carbocycles. The van der Waals surface area contributed by atoms with E-state index in [1.54, 1.807) is 6.92 Å². The molecule has 0 bridgehead atoms. The number of quaternary nitrogens is 1. The van der Waals surface area contributed by atoms with E-state index in [0.717, 1.165) is 19.3 Å². The van der Waals surface area contributed by atoms with E-state index in [2.05, 4.69) is 17.4 Å². The van der Waals surface area contributed by atoms with Gasteiger partial charge >= 0.3 is 6.03 Å². The number of amides is 3. The highest BCUT2D eigenvalue weighted by Crippen LogP contribution is 2.26. The standard InChI is InChI=1S/C14H19N3O2/c1-9(13(18)17-14(15)19)16-12-8-4-6-10-5-2-3-7-11(10)12/h2-3,5,7,9,12,16H,4,6,8H2,1H3,(H3,15,17,18,19)/p+1/t9-,12+/m1/s1. The lowest BCUT2D eigenvalue weighted by molar-refractivity contribution is -0.714. The second-order valence-electron chi connectivity index (χ2n) is 5.03. The van der Waals surface area contributed by atoms with Crippen molar-refractivity contribution in [1.82, 2.24) is 5.32 Å². The number of carbonyl (C=O) groups is 2. The number of nitrogens with one attached hydrogen (secondary N) is 1. The van der Waals surface area contributed by atoms with Crippen molar-refractivity contribution in [2.24, 2.45) is 5.73 Å². The quantitative estimate of drug-likeness (QED) is 0.727. The van der Waals surface area contributed by atoms with Gasteiger partial charge in [-0.2, -0.15) is 0 Å². The van der Waals surface area contributed by atoms with Crippen LogP contribution in [0.3, 0.4) is 0 Å². The normalized spacial score (nSPS) is 19.3. The molecule has 0 spiro atoms. The smallest absolute Gasteiger partial charge is 0.319 e. The van der Waals surface area contributed by atoms with Gasteiger partial charge in [0.1, 0.15) is 6.04 Å². The van der Waals surface area contributed by atoms with Gasteiger partial charge in [0.25, 0.3) is 5.91 Å². The zero-order chi connectivity index (χ0) is 13.8. The summed E-state index contributed by atoms with van der Waals surface area (Å²) in [5, 5.41) is 4.13. The first kappa shape index (κ1) is 13.5. The summed E-state index contributed by atoms with van der Waals surface area (Å²) in [6.45, 7) is 1.79. The molecule has 3 amide bonds. The summed E-state index contributed by atoms with van der Waals surface area (Å²) in [5.74, 6) is -0.337. The van der Waals surface area contributed by atoms with Crippen LogP contribution < -0.4 is 16.4 Å². The zero-order valence-corrected chi connectivity index (χ0v) is 11.1. The van der Waals surface area contributed by atoms with E-state index < -0.39 is 6.03 Å². The van der Waals surface area contributed by atoms with Gasteiger partial charge in [-0.1, -0.05) is 24.3 Å². The third-order valence-electron chi connectivity index (χ3n) is 3.60. The Balaban J connectivity index is 2.04. The van der Waals surface area contributed by atoms with Crippen LogP contribution in [0.5, 0.6) is 0 Å². The average Bonchev–Trinajstić information content (AvgIpc) is 2.38. The lowest BCUT2D eigenvalue weighted by Crippen LogP contribution is -2.93. The van der Waals surface area contributed by atoms with Crippen LogP contribution in [0.15, 0.2) is 24.3 Å². The van der Waals surface area contributed by atoms with E-state index in [-0.39, 0.29) is 18.0 Å². The van der Waals surface area contributed by atoms with Crippen molar-refractivity contribution in [2.75, 3.05) is 0 Å². The number of nitrogens with two attached hydrogens (primary N) is 2. The molecule has 5 heteroatoms. The van der Waals surface area contributed by atoms with Crippen LogP contribution in [0.1, 0.15) is 36.9 Å². The molecular weight excluding hydrogens is 242 g/mol. The SMILES string of the molecule is C[C@@H]([NH2+][C@H]1CCCc2ccccc21)C(=O)NC(N)=O. The first-order chi connectivity index (χ1) is 9.08. The maximum absolute atomic E-state index is 11.7. The summed E-state index contributed by atoms with van der Waals surface area (Å²) in [6.07, 6.45) is 3.27. The molecule has 0 saturated heterocycles. The third-order valence-corrected chi connectivity index (χ3v) is 3.60. The molecule has 102 valence electrons. The molecule has 0 aliphatic heterocycles. The number of urea groups is 1. The molecule has 0 unspecified atom stereocenters. The van der Waals surface area contributed by atoms with E-state index in [1.807, 2.05) is 17.4 Å². The number of hydrogen-bond donors (Lipinski definition) is 3. The Kier molecular flexibility index (Phi) is 4.16. The lowest BCUT2D eigenvalue weighted by Gasteiger charge is -2.25. The van der Waals surface area contributed by atoms with Gasteiger partial charge in [0.05, 0.1) is 0 Å². The van der Waals surface area contributed by atoms with Crippen molar-refractivity contribution in [3.05, 3.63) is 35.4 Å². The Morgan fingerprint density at radius 1 is 1.42 bits per heavy atom. The van der Waals surface area contributed by atoms with Crippen molar-refractivity contribution in [3.8, 4) is 0 Å². The summed E-state index contributed by atoms with van der Waals surface area (Å²) in [5.41, 5.74) is 7.61. The second-order valence-corrected chi connectivity index (χ2v) is 5.03. The molecule has 2 rings (SSSR count). The summed E-state index contributed by atoms with van der Waals surface area (Å²) < 4.78 is 0. The zero-order valence-electron chi connectivity index (χ0n) is 11.1. The largest absolute Gasteiger partial charge is 0.351 e. The minimum Gasteiger partial charge on any atom is -0.351 e. The van der Waals surface area contributed by atoms with Crippen molar-refractivity contribution in [1.29, 1.82) is 0 Å². The fourth-order valence-electron chi connectivity index (χ4n) is 2.66. The van der Waals surface area contributed by atoms with Crippen LogP contribution in [0, 0.1) is 0 Å². The summed E-state index contributed by atoms with van der Waals surface area (Å²) in [6, 6.07) is 7.48. The van der Waals surface area contributed by atoms with Crippen molar-refractivity contribution in [2.45, 2.75) is 38.3 Å². The molecule has 0 radical (unpaired) electrons. The number of fused-ring (bicyclic) bond motifs is 1. The molecule has 0 fully saturated rings. The van der Waals surface area contributed by atoms with Crippen LogP contribution in [-0.2, 0) is 11.2 Å². The van der Waals surface area contributed by atoms with Crippen molar-refractivity contribution in [3.63, 3.8) is 0 Å². The number of imide groups is 1. The fourth-order valence-corrected chi connectivity index (χ4v) is 2.66. The van der Waals surface area contributed by atoms with Gasteiger partial charge in [0.15, 0.2) is 6.04 Å². The summed E-state index contributed by atoms with van der Waals surface area (Å²) in [7, 11) is 0. The first-order valence-electron chi connectivity index (χ1n) is 6.61. The lowest BCUT2D eigenvalue weighted by atomic mass is 9.87. The molecule has 0 aromatic heterocycles. The van der Waals surface area contributed by atoms with E-state index in [1.165, 1.54) is 11.1 Å². The molecule has 1 aromatic rings. The molecule has 1 aliphatic rings. The van der Waals surface area contributed by atoms with Gasteiger partial charge in [0, 0.05) is 12.0 Å². The Hall–Kier alpha value is -1.88. The first-order valence-corrected chi connectivity index (χ1v) is 6.61. The van der Waals surface area contributed by atoms with E-state index >= 15 is 0 Å². The van der Waals surface area contributed by atoms with Crippen LogP contribution in [0.2, 0.25) is 0 Å². The molecular formula is C14H20N3O2+. The molecule has 5 N–H and O–H groups in total. The predicted molar refractivity (Wildman–Crippen MR) is 71.2 cm³/mol. The van der Waals surface area contributed by atoms with Crippen LogP contribution in [0.4, 0.5) is 4.79 Å². The van der Waals surface area contributed by atoms with E-state index in [9.17, 15) is 9.59 Å². The minimum absolute atomic E-state index is 0.276. The van der Waals surface area contributed by atoms with Crippen molar-refractivity contribution >= 4 is 11.9 Å². The van der Waals surface area contributed by atoms with Gasteiger partial charge in [-0.3, -0.25) is 10.1 Å². The average molecular weight is 262 g/mol. The van der Waals surface area contributed by atoms with Crippen LogP contribution in [-0.4, -0.2) is 18.0 Å². The monoisotopic (exact) mass is 262 g/mol. The van der Waals surface area contributed by atoms with E-state index in [0.29, 0.717) is 0 Å². The predicted octanol–water partition coefficient (Wildman–Crippen LogP) is 0.211. The van der Waals surface area contributed by atoms with Crippen LogP contribution in [0.25, 0.3) is 0 Å². The Morgan fingerprint density at radius 2 is 2.16 bits per heavy atom. The molecule has 5 nitrogen and oxygen atoms in total. The number of carbonyl (C=O) groups excluding carboxylic acids is 2. The topological polar surface area (TPSA) is 88.8 Å². The molecule has 0 saturated carbocycles. The molecule has 1 aromatic carbocycles. The third kappa shape index (κ3) is 3.32. The highest BCUT2D eigenvalue weighted by Gasteiger charge is 2.27. The number of aryl methyl sites for hydroxylation is 1. The minimum atomic E-state index is -0.797. The van der Waals surface area contributed by atoms with Gasteiger partial charge < -0.3 is 11.1 Å². The maximum atomic E-state index is 11.7. The Bertz CT molecular complexity index is 487. The summed E-state index contributed by atoms with van der Waals surface area (Å²) >= 11 is 0. The number of hydrogen-bond acceptors (Lipinski definition) is 2. The van der Waals surface area contributed by atoms with Gasteiger partial charge in [-0.25, -0.2) is 4.79 Å². The number of rotatable bonds is 3. The number of benzene rings is 1. The van der Waals surface area contributed by atoms with Gasteiger partial charge in [-0.15, -0.1) is 0 Å². The molecule has 0 heterocycles. The fraction of sp³-hybridized carbons (Fsp3) is 0.429. The second kappa shape index (κ2) is 5.84. The molecule has 2 atom stereocenters. The van der Waals surface area contributed by atoms with Crippen LogP contribution >= 0.6 is 0 Å². The Morgan fingerprint density at radius 3 is 2.89 bits per heavy atom. The van der Waals surface area contributed by atoms with E-state index in [4.69, 9.17) is 5.73 Å². The maximum Gasteiger partial charge on any atom is 0.319 e. The number of primary amides is 1. The van der Waals surface area contributed by atoms with Gasteiger partial charge in [-0.05, 0) is 25.3 Å².